The van der Waals surface area contributed by atoms with Crippen LogP contribution in [0.3, 0.4) is 0 Å². The van der Waals surface area contributed by atoms with Gasteiger partial charge in [-0.1, -0.05) is 0 Å². The molecule has 5 atom stereocenters. The van der Waals surface area contributed by atoms with Crippen molar-refractivity contribution in [1.29, 1.82) is 0 Å². The standard InChI is InChI=1S/C10H20N2O8/c13-2-5(3-14)12(11-20)6-1-10(19,4-15)9(18)8(17)7(6)16/h5-9,13-19H,1-4H2/t6-,7-,8+,9-,10-/m0/s1. The van der Waals surface area contributed by atoms with Gasteiger partial charge in [-0.15, -0.1) is 4.91 Å². The van der Waals surface area contributed by atoms with Gasteiger partial charge in [0, 0.05) is 6.42 Å². The SMILES string of the molecule is O=NN(C(CO)CO)[C@H]1C[C@](O)(CO)[C@@H](O)[C@H](O)[C@H]1O. The minimum atomic E-state index is -2.14. The molecule has 7 N–H and O–H groups in total. The number of hydrogen-bond donors (Lipinski definition) is 7. The van der Waals surface area contributed by atoms with E-state index in [1.165, 1.54) is 0 Å². The predicted octanol–water partition coefficient (Wildman–Crippen LogP) is -4.10. The van der Waals surface area contributed by atoms with Crippen molar-refractivity contribution in [2.75, 3.05) is 19.8 Å². The van der Waals surface area contributed by atoms with Crippen molar-refractivity contribution in [3.8, 4) is 0 Å². The van der Waals surface area contributed by atoms with Gasteiger partial charge in [0.2, 0.25) is 0 Å². The second-order valence-electron chi connectivity index (χ2n) is 4.94. The highest BCUT2D eigenvalue weighted by Crippen LogP contribution is 2.33. The van der Waals surface area contributed by atoms with Gasteiger partial charge in [0.25, 0.3) is 0 Å². The molecule has 0 aromatic heterocycles. The molecule has 10 heteroatoms. The minimum Gasteiger partial charge on any atom is -0.394 e. The first-order valence-corrected chi connectivity index (χ1v) is 6.07. The molecule has 118 valence electrons. The second-order valence-corrected chi connectivity index (χ2v) is 4.94. The van der Waals surface area contributed by atoms with E-state index in [4.69, 9.17) is 15.3 Å². The summed E-state index contributed by atoms with van der Waals surface area (Å²) < 4.78 is 0. The lowest BCUT2D eigenvalue weighted by atomic mass is 9.76. The zero-order valence-corrected chi connectivity index (χ0v) is 10.6. The van der Waals surface area contributed by atoms with Gasteiger partial charge in [0.15, 0.2) is 0 Å². The molecule has 0 aromatic rings. The molecule has 1 fully saturated rings. The van der Waals surface area contributed by atoms with E-state index in [9.17, 15) is 25.3 Å². The fourth-order valence-corrected chi connectivity index (χ4v) is 2.37. The van der Waals surface area contributed by atoms with Crippen LogP contribution in [0.4, 0.5) is 0 Å². The molecule has 1 aliphatic carbocycles. The van der Waals surface area contributed by atoms with E-state index in [0.717, 1.165) is 0 Å². The summed E-state index contributed by atoms with van der Waals surface area (Å²) in [6, 6.07) is -2.43. The highest BCUT2D eigenvalue weighted by atomic mass is 16.4. The molecule has 0 aliphatic heterocycles. The van der Waals surface area contributed by atoms with E-state index in [0.29, 0.717) is 5.01 Å². The lowest BCUT2D eigenvalue weighted by Crippen LogP contribution is -2.68. The van der Waals surface area contributed by atoms with Gasteiger partial charge in [0.05, 0.1) is 37.2 Å². The Morgan fingerprint density at radius 3 is 2.10 bits per heavy atom. The Balaban J connectivity index is 3.05. The molecule has 0 bridgehead atoms. The summed E-state index contributed by atoms with van der Waals surface area (Å²) in [6.07, 6.45) is -5.78. The molecule has 0 amide bonds. The van der Waals surface area contributed by atoms with Crippen LogP contribution in [0.15, 0.2) is 5.29 Å². The third-order valence-corrected chi connectivity index (χ3v) is 3.68. The van der Waals surface area contributed by atoms with Gasteiger partial charge >= 0.3 is 0 Å². The maximum atomic E-state index is 10.9. The van der Waals surface area contributed by atoms with Crippen LogP contribution in [-0.4, -0.2) is 96.6 Å². The number of nitroso groups, excluding NO2 is 1. The third kappa shape index (κ3) is 2.91. The van der Waals surface area contributed by atoms with Crippen LogP contribution in [0, 0.1) is 4.91 Å². The maximum absolute atomic E-state index is 10.9. The van der Waals surface area contributed by atoms with Crippen molar-refractivity contribution in [2.45, 2.75) is 42.4 Å². The van der Waals surface area contributed by atoms with Crippen molar-refractivity contribution in [3.05, 3.63) is 4.91 Å². The molecular weight excluding hydrogens is 276 g/mol. The first kappa shape index (κ1) is 17.2. The van der Waals surface area contributed by atoms with Crippen LogP contribution in [0.25, 0.3) is 0 Å². The number of aliphatic hydroxyl groups excluding tert-OH is 6. The number of rotatable bonds is 6. The van der Waals surface area contributed by atoms with Crippen molar-refractivity contribution < 1.29 is 35.7 Å². The molecule has 0 aromatic carbocycles. The predicted molar refractivity (Wildman–Crippen MR) is 64.1 cm³/mol. The molecule has 1 aliphatic rings. The van der Waals surface area contributed by atoms with Crippen molar-refractivity contribution in [1.82, 2.24) is 5.01 Å². The highest BCUT2D eigenvalue weighted by molar-refractivity contribution is 5.05. The molecular formula is C10H20N2O8. The van der Waals surface area contributed by atoms with Gasteiger partial charge in [0.1, 0.15) is 23.9 Å². The summed E-state index contributed by atoms with van der Waals surface area (Å²) >= 11 is 0. The molecule has 0 radical (unpaired) electrons. The van der Waals surface area contributed by atoms with E-state index in [-0.39, 0.29) is 0 Å². The highest BCUT2D eigenvalue weighted by Gasteiger charge is 2.53. The van der Waals surface area contributed by atoms with Crippen LogP contribution in [0.2, 0.25) is 0 Å². The zero-order valence-electron chi connectivity index (χ0n) is 10.6. The van der Waals surface area contributed by atoms with Gasteiger partial charge in [-0.3, -0.25) is 0 Å². The first-order valence-electron chi connectivity index (χ1n) is 6.07. The van der Waals surface area contributed by atoms with Crippen molar-refractivity contribution in [3.63, 3.8) is 0 Å². The average Bonchev–Trinajstić information content (AvgIpc) is 2.46. The average molecular weight is 296 g/mol. The largest absolute Gasteiger partial charge is 0.394 e. The lowest BCUT2D eigenvalue weighted by Gasteiger charge is -2.47. The number of aliphatic hydroxyl groups is 7. The Labute approximate surface area is 114 Å². The monoisotopic (exact) mass is 296 g/mol. The Kier molecular flexibility index (Phi) is 5.77. The van der Waals surface area contributed by atoms with Crippen LogP contribution in [-0.2, 0) is 0 Å². The van der Waals surface area contributed by atoms with Crippen LogP contribution < -0.4 is 0 Å². The smallest absolute Gasteiger partial charge is 0.118 e. The molecule has 1 saturated carbocycles. The third-order valence-electron chi connectivity index (χ3n) is 3.68. The van der Waals surface area contributed by atoms with Crippen LogP contribution in [0.5, 0.6) is 0 Å². The Bertz CT molecular complexity index is 328. The topological polar surface area (TPSA) is 174 Å². The van der Waals surface area contributed by atoms with E-state index in [1.54, 1.807) is 0 Å². The summed E-state index contributed by atoms with van der Waals surface area (Å²) in [5, 5.41) is 69.6. The summed E-state index contributed by atoms with van der Waals surface area (Å²) in [7, 11) is 0. The van der Waals surface area contributed by atoms with Gasteiger partial charge in [-0.05, 0) is 0 Å². The van der Waals surface area contributed by atoms with Gasteiger partial charge in [-0.2, -0.15) is 0 Å². The quantitative estimate of drug-likeness (QED) is 0.190. The maximum Gasteiger partial charge on any atom is 0.118 e. The Morgan fingerprint density at radius 2 is 1.70 bits per heavy atom. The van der Waals surface area contributed by atoms with E-state index < -0.39 is 62.2 Å². The summed E-state index contributed by atoms with van der Waals surface area (Å²) in [5.41, 5.74) is -2.14. The second kappa shape index (κ2) is 6.72. The normalized spacial score (nSPS) is 38.0. The fraction of sp³-hybridized carbons (Fsp3) is 1.00. The molecule has 0 spiro atoms. The van der Waals surface area contributed by atoms with Crippen molar-refractivity contribution in [2.24, 2.45) is 5.29 Å². The van der Waals surface area contributed by atoms with Crippen molar-refractivity contribution >= 4 is 0 Å². The van der Waals surface area contributed by atoms with Crippen LogP contribution in [0.1, 0.15) is 6.42 Å². The molecule has 0 heterocycles. The first-order chi connectivity index (χ1) is 9.36. The van der Waals surface area contributed by atoms with E-state index in [2.05, 4.69) is 5.29 Å². The van der Waals surface area contributed by atoms with Gasteiger partial charge in [-0.25, -0.2) is 5.01 Å². The Hall–Kier alpha value is -0.880. The molecule has 0 saturated heterocycles. The summed E-state index contributed by atoms with van der Waals surface area (Å²) in [4.78, 5) is 10.9. The van der Waals surface area contributed by atoms with E-state index >= 15 is 0 Å². The fourth-order valence-electron chi connectivity index (χ4n) is 2.37. The van der Waals surface area contributed by atoms with Gasteiger partial charge < -0.3 is 35.7 Å². The van der Waals surface area contributed by atoms with E-state index in [1.807, 2.05) is 0 Å². The van der Waals surface area contributed by atoms with Crippen LogP contribution >= 0.6 is 0 Å². The minimum absolute atomic E-state index is 0.481. The molecule has 1 rings (SSSR count). The summed E-state index contributed by atoms with van der Waals surface area (Å²) in [5.74, 6) is 0. The molecule has 20 heavy (non-hydrogen) atoms. The Morgan fingerprint density at radius 1 is 1.15 bits per heavy atom. The molecule has 10 nitrogen and oxygen atoms in total. The number of nitrogens with zero attached hydrogens (tertiary/aromatic N) is 2. The zero-order chi connectivity index (χ0) is 15.5. The summed E-state index contributed by atoms with van der Waals surface area (Å²) in [6.45, 7) is -2.21. The lowest BCUT2D eigenvalue weighted by molar-refractivity contribution is -0.223. The molecule has 0 unspecified atom stereocenters. The number of hydrogen-bond acceptors (Lipinski definition) is 9.